The molecule has 28 heavy (non-hydrogen) atoms. The van der Waals surface area contributed by atoms with Crippen LogP contribution in [-0.4, -0.2) is 41.6 Å². The molecule has 10 heteroatoms. The van der Waals surface area contributed by atoms with Gasteiger partial charge >= 0.3 is 6.18 Å². The number of hydrogen-bond donors (Lipinski definition) is 2. The number of nitrogens with zero attached hydrogens (tertiary/aromatic N) is 1. The Morgan fingerprint density at radius 3 is 2.36 bits per heavy atom. The van der Waals surface area contributed by atoms with Crippen molar-refractivity contribution in [1.29, 1.82) is 0 Å². The molecule has 0 bridgehead atoms. The maximum Gasteiger partial charge on any atom is 0.416 e. The van der Waals surface area contributed by atoms with Crippen LogP contribution in [0, 0.1) is 5.82 Å². The Morgan fingerprint density at radius 2 is 1.75 bits per heavy atom. The molecule has 0 aliphatic carbocycles. The van der Waals surface area contributed by atoms with Crippen LogP contribution >= 0.6 is 0 Å². The molecule has 3 rings (SSSR count). The fourth-order valence-corrected chi connectivity index (χ4v) is 4.13. The van der Waals surface area contributed by atoms with Gasteiger partial charge in [0.15, 0.2) is 0 Å². The first-order valence-corrected chi connectivity index (χ1v) is 10.1. The molecule has 1 fully saturated rings. The number of halogens is 4. The lowest BCUT2D eigenvalue weighted by Gasteiger charge is -2.33. The Morgan fingerprint density at radius 1 is 1.07 bits per heavy atom. The summed E-state index contributed by atoms with van der Waals surface area (Å²) < 4.78 is 80.3. The molecule has 5 nitrogen and oxygen atoms in total. The van der Waals surface area contributed by atoms with E-state index in [4.69, 9.17) is 0 Å². The van der Waals surface area contributed by atoms with Crippen molar-refractivity contribution in [3.63, 3.8) is 0 Å². The van der Waals surface area contributed by atoms with Gasteiger partial charge in [0.2, 0.25) is 0 Å². The second-order valence-corrected chi connectivity index (χ2v) is 8.42. The highest BCUT2D eigenvalue weighted by Gasteiger charge is 2.32. The van der Waals surface area contributed by atoms with Crippen LogP contribution in [0.1, 0.15) is 5.56 Å². The summed E-state index contributed by atoms with van der Waals surface area (Å²) in [6.45, 7) is 2.70. The van der Waals surface area contributed by atoms with Crippen molar-refractivity contribution >= 4 is 21.4 Å². The topological polar surface area (TPSA) is 53.9 Å². The van der Waals surface area contributed by atoms with Gasteiger partial charge in [0.25, 0.3) is 10.0 Å². The molecule has 1 saturated heterocycles. The first kappa shape index (κ1) is 20.4. The normalized spacial score (nSPS) is 16.2. The first-order valence-electron chi connectivity index (χ1n) is 8.62. The molecule has 1 aliphatic heterocycles. The van der Waals surface area contributed by atoms with Crippen molar-refractivity contribution in [3.8, 4) is 0 Å². The molecule has 0 amide bonds. The second-order valence-electron chi connectivity index (χ2n) is 6.74. The summed E-state index contributed by atoms with van der Waals surface area (Å²) in [4.78, 5) is 2.76. The van der Waals surface area contributed by atoms with Gasteiger partial charge in [-0.15, -0.1) is 0 Å². The predicted octanol–water partition coefficient (Wildman–Crippen LogP) is 1.98. The Labute approximate surface area is 160 Å². The number of alkyl halides is 3. The van der Waals surface area contributed by atoms with Crippen LogP contribution in [0.2, 0.25) is 0 Å². The van der Waals surface area contributed by atoms with Crippen molar-refractivity contribution in [3.05, 3.63) is 53.8 Å². The van der Waals surface area contributed by atoms with Gasteiger partial charge in [-0.2, -0.15) is 13.2 Å². The van der Waals surface area contributed by atoms with Crippen molar-refractivity contribution in [2.24, 2.45) is 0 Å². The number of anilines is 2. The smallest absolute Gasteiger partial charge is 0.359 e. The van der Waals surface area contributed by atoms with Crippen LogP contribution in [0.3, 0.4) is 0 Å². The number of piperazine rings is 1. The minimum absolute atomic E-state index is 0.182. The van der Waals surface area contributed by atoms with Gasteiger partial charge in [0.1, 0.15) is 5.82 Å². The lowest BCUT2D eigenvalue weighted by molar-refractivity contribution is -0.880. The van der Waals surface area contributed by atoms with E-state index in [0.29, 0.717) is 18.8 Å². The van der Waals surface area contributed by atoms with E-state index < -0.39 is 27.6 Å². The molecule has 2 N–H and O–H groups in total. The lowest BCUT2D eigenvalue weighted by atomic mass is 10.1. The molecular weight excluding hydrogens is 398 g/mol. The zero-order valence-corrected chi connectivity index (χ0v) is 15.9. The molecule has 0 radical (unpaired) electrons. The van der Waals surface area contributed by atoms with Gasteiger partial charge in [-0.05, 0) is 36.4 Å². The largest absolute Gasteiger partial charge is 0.416 e. The average molecular weight is 418 g/mol. The lowest BCUT2D eigenvalue weighted by Crippen LogP contribution is -3.12. The van der Waals surface area contributed by atoms with Crippen LogP contribution in [0.15, 0.2) is 47.4 Å². The fraction of sp³-hybridized carbons (Fsp3) is 0.333. The summed E-state index contributed by atoms with van der Waals surface area (Å²) in [6.07, 6.45) is -4.62. The van der Waals surface area contributed by atoms with Crippen LogP contribution in [0.25, 0.3) is 0 Å². The average Bonchev–Trinajstić information content (AvgIpc) is 2.61. The molecule has 1 heterocycles. The third kappa shape index (κ3) is 4.56. The maximum atomic E-state index is 13.4. The number of likely N-dealkylation sites (N-methyl/N-ethyl adjacent to an activating group) is 1. The van der Waals surface area contributed by atoms with E-state index in [1.165, 1.54) is 23.1 Å². The van der Waals surface area contributed by atoms with E-state index in [2.05, 4.69) is 4.72 Å². The first-order chi connectivity index (χ1) is 13.1. The van der Waals surface area contributed by atoms with E-state index in [1.807, 2.05) is 11.9 Å². The van der Waals surface area contributed by atoms with Gasteiger partial charge in [-0.3, -0.25) is 4.72 Å². The molecule has 2 aromatic rings. The van der Waals surface area contributed by atoms with Crippen molar-refractivity contribution in [1.82, 2.24) is 0 Å². The van der Waals surface area contributed by atoms with Crippen LogP contribution in [-0.2, 0) is 16.2 Å². The van der Waals surface area contributed by atoms with E-state index in [0.717, 1.165) is 37.4 Å². The molecular formula is C18H20F4N3O2S+. The second kappa shape index (κ2) is 7.59. The molecule has 0 unspecified atom stereocenters. The summed E-state index contributed by atoms with van der Waals surface area (Å²) in [5, 5.41) is 0. The molecule has 0 spiro atoms. The monoisotopic (exact) mass is 418 g/mol. The summed E-state index contributed by atoms with van der Waals surface area (Å²) in [5.41, 5.74) is -0.785. The molecule has 2 aromatic carbocycles. The van der Waals surface area contributed by atoms with Gasteiger partial charge in [-0.25, -0.2) is 12.8 Å². The SMILES string of the molecule is C[NH+]1CCN(c2ccc(C(F)(F)F)cc2NS(=O)(=O)c2cccc(F)c2)CC1. The summed E-state index contributed by atoms with van der Waals surface area (Å²) in [5.74, 6) is -0.755. The number of hydrogen-bond acceptors (Lipinski definition) is 3. The summed E-state index contributed by atoms with van der Waals surface area (Å²) in [7, 11) is -2.25. The van der Waals surface area contributed by atoms with E-state index in [-0.39, 0.29) is 10.6 Å². The maximum absolute atomic E-state index is 13.4. The number of quaternary nitrogens is 1. The van der Waals surface area contributed by atoms with Crippen LogP contribution < -0.4 is 14.5 Å². The van der Waals surface area contributed by atoms with Crippen LogP contribution in [0.4, 0.5) is 28.9 Å². The quantitative estimate of drug-likeness (QED) is 0.747. The van der Waals surface area contributed by atoms with Crippen LogP contribution in [0.5, 0.6) is 0 Å². The van der Waals surface area contributed by atoms with E-state index >= 15 is 0 Å². The van der Waals surface area contributed by atoms with E-state index in [9.17, 15) is 26.0 Å². The summed E-state index contributed by atoms with van der Waals surface area (Å²) in [6, 6.07) is 7.28. The van der Waals surface area contributed by atoms with Crippen molar-refractivity contribution in [2.75, 3.05) is 42.8 Å². The number of nitrogens with one attached hydrogen (secondary N) is 2. The van der Waals surface area contributed by atoms with E-state index in [1.54, 1.807) is 0 Å². The van der Waals surface area contributed by atoms with Gasteiger partial charge < -0.3 is 9.80 Å². The fourth-order valence-electron chi connectivity index (χ4n) is 3.04. The van der Waals surface area contributed by atoms with Gasteiger partial charge in [0.05, 0.1) is 55.1 Å². The van der Waals surface area contributed by atoms with Crippen molar-refractivity contribution in [2.45, 2.75) is 11.1 Å². The number of sulfonamides is 1. The Bertz CT molecular complexity index is 956. The zero-order valence-electron chi connectivity index (χ0n) is 15.1. The highest BCUT2D eigenvalue weighted by Crippen LogP contribution is 2.36. The summed E-state index contributed by atoms with van der Waals surface area (Å²) >= 11 is 0. The predicted molar refractivity (Wildman–Crippen MR) is 97.5 cm³/mol. The minimum atomic E-state index is -4.62. The highest BCUT2D eigenvalue weighted by atomic mass is 32.2. The molecule has 152 valence electrons. The number of rotatable bonds is 4. The third-order valence-corrected chi connectivity index (χ3v) is 6.00. The Balaban J connectivity index is 2.01. The Kier molecular flexibility index (Phi) is 5.53. The highest BCUT2D eigenvalue weighted by molar-refractivity contribution is 7.92. The standard InChI is InChI=1S/C18H19F4N3O2S/c1-24-7-9-25(10-8-24)17-6-5-13(18(20,21)22)11-16(17)23-28(26,27)15-4-2-3-14(19)12-15/h2-6,11-12,23H,7-10H2,1H3/p+1. The van der Waals surface area contributed by atoms with Gasteiger partial charge in [0, 0.05) is 0 Å². The third-order valence-electron chi connectivity index (χ3n) is 4.63. The molecule has 1 aliphatic rings. The molecule has 0 atom stereocenters. The van der Waals surface area contributed by atoms with Gasteiger partial charge in [-0.1, -0.05) is 6.07 Å². The zero-order chi connectivity index (χ0) is 20.5. The Hall–Kier alpha value is -2.33. The minimum Gasteiger partial charge on any atom is -0.359 e. The molecule has 0 aromatic heterocycles. The molecule has 0 saturated carbocycles. The van der Waals surface area contributed by atoms with Crippen molar-refractivity contribution < 1.29 is 30.9 Å². The number of benzene rings is 2.